The summed E-state index contributed by atoms with van der Waals surface area (Å²) in [4.78, 5) is 26.1. The Bertz CT molecular complexity index is 496. The predicted molar refractivity (Wildman–Crippen MR) is 78.0 cm³/mol. The Morgan fingerprint density at radius 1 is 1.30 bits per heavy atom. The fourth-order valence-corrected chi connectivity index (χ4v) is 2.31. The van der Waals surface area contributed by atoms with E-state index in [1.54, 1.807) is 4.90 Å². The van der Waals surface area contributed by atoms with Crippen LogP contribution >= 0.6 is 0 Å². The maximum absolute atomic E-state index is 12.6. The minimum atomic E-state index is -0.559. The van der Waals surface area contributed by atoms with Crippen molar-refractivity contribution in [2.75, 3.05) is 13.1 Å². The van der Waals surface area contributed by atoms with Crippen molar-refractivity contribution in [3.63, 3.8) is 0 Å². The van der Waals surface area contributed by atoms with Crippen molar-refractivity contribution in [2.24, 2.45) is 0 Å². The van der Waals surface area contributed by atoms with Gasteiger partial charge in [0.15, 0.2) is 0 Å². The van der Waals surface area contributed by atoms with Gasteiger partial charge in [0.05, 0.1) is 0 Å². The van der Waals surface area contributed by atoms with Crippen molar-refractivity contribution in [1.29, 1.82) is 0 Å². The van der Waals surface area contributed by atoms with E-state index < -0.39 is 6.04 Å². The average Bonchev–Trinajstić information content (AvgIpc) is 2.61. The van der Waals surface area contributed by atoms with Gasteiger partial charge >= 0.3 is 0 Å². The van der Waals surface area contributed by atoms with Gasteiger partial charge in [-0.1, -0.05) is 42.5 Å². The lowest BCUT2D eigenvalue weighted by molar-refractivity contribution is -0.133. The number of allylic oxidation sites excluding steroid dienone is 1. The summed E-state index contributed by atoms with van der Waals surface area (Å²) >= 11 is 0. The molecule has 1 aliphatic heterocycles. The Hall–Kier alpha value is -2.10. The highest BCUT2D eigenvalue weighted by Crippen LogP contribution is 2.19. The number of benzene rings is 1. The van der Waals surface area contributed by atoms with E-state index in [0.717, 1.165) is 12.0 Å². The highest BCUT2D eigenvalue weighted by atomic mass is 16.2. The van der Waals surface area contributed by atoms with Crippen molar-refractivity contribution in [1.82, 2.24) is 10.2 Å². The van der Waals surface area contributed by atoms with Crippen LogP contribution in [0.4, 0.5) is 0 Å². The van der Waals surface area contributed by atoms with Crippen LogP contribution < -0.4 is 5.32 Å². The van der Waals surface area contributed by atoms with Crippen LogP contribution in [-0.2, 0) is 9.59 Å². The zero-order valence-electron chi connectivity index (χ0n) is 11.7. The topological polar surface area (TPSA) is 49.4 Å². The maximum Gasteiger partial charge on any atom is 0.249 e. The summed E-state index contributed by atoms with van der Waals surface area (Å²) in [6.45, 7) is 3.11. The molecule has 1 N–H and O–H groups in total. The molecule has 2 amide bonds. The van der Waals surface area contributed by atoms with Gasteiger partial charge in [-0.2, -0.15) is 0 Å². The van der Waals surface area contributed by atoms with Crippen LogP contribution in [0, 0.1) is 0 Å². The van der Waals surface area contributed by atoms with E-state index >= 15 is 0 Å². The number of amides is 2. The van der Waals surface area contributed by atoms with Gasteiger partial charge < -0.3 is 10.2 Å². The van der Waals surface area contributed by atoms with Gasteiger partial charge in [-0.15, -0.1) is 0 Å². The number of hydrogen-bond donors (Lipinski definition) is 1. The third-order valence-corrected chi connectivity index (χ3v) is 3.41. The molecular weight excluding hydrogens is 252 g/mol. The highest BCUT2D eigenvalue weighted by Gasteiger charge is 2.30. The molecule has 0 aliphatic carbocycles. The fraction of sp³-hybridized carbons (Fsp3) is 0.375. The van der Waals surface area contributed by atoms with Gasteiger partial charge in [0.2, 0.25) is 11.8 Å². The zero-order valence-corrected chi connectivity index (χ0v) is 11.7. The lowest BCUT2D eigenvalue weighted by Gasteiger charge is -2.23. The van der Waals surface area contributed by atoms with Crippen LogP contribution in [-0.4, -0.2) is 29.8 Å². The first-order valence-electron chi connectivity index (χ1n) is 6.96. The first-order valence-corrected chi connectivity index (χ1v) is 6.96. The van der Waals surface area contributed by atoms with E-state index in [2.05, 4.69) is 5.32 Å². The van der Waals surface area contributed by atoms with E-state index in [9.17, 15) is 9.59 Å². The van der Waals surface area contributed by atoms with Gasteiger partial charge in [-0.3, -0.25) is 9.59 Å². The third kappa shape index (κ3) is 3.47. The molecule has 0 spiro atoms. The molecule has 1 atom stereocenters. The summed E-state index contributed by atoms with van der Waals surface area (Å²) in [7, 11) is 0. The summed E-state index contributed by atoms with van der Waals surface area (Å²) in [5, 5.41) is 2.82. The largest absolute Gasteiger partial charge is 0.340 e. The molecular formula is C16H20N2O2. The van der Waals surface area contributed by atoms with E-state index in [-0.39, 0.29) is 11.8 Å². The standard InChI is InChI=1S/C16H20N2O2/c1-2-3-7-11-18-12-10-14(19)17-15(16(18)20)13-8-5-4-6-9-13/h2-6,8-9,15H,7,10-12H2,1H3,(H,17,19)/b3-2+. The highest BCUT2D eigenvalue weighted by molar-refractivity contribution is 5.90. The summed E-state index contributed by atoms with van der Waals surface area (Å²) in [6.07, 6.45) is 5.19. The van der Waals surface area contributed by atoms with Crippen LogP contribution in [0.2, 0.25) is 0 Å². The van der Waals surface area contributed by atoms with Crippen molar-refractivity contribution in [2.45, 2.75) is 25.8 Å². The molecule has 0 bridgehead atoms. The van der Waals surface area contributed by atoms with Gasteiger partial charge in [0.1, 0.15) is 6.04 Å². The summed E-state index contributed by atoms with van der Waals surface area (Å²) in [5.74, 6) is -0.0905. The molecule has 20 heavy (non-hydrogen) atoms. The molecule has 1 unspecified atom stereocenters. The molecule has 4 heteroatoms. The molecule has 1 aliphatic rings. The number of carbonyl (C=O) groups excluding carboxylic acids is 2. The first kappa shape index (κ1) is 14.3. The number of nitrogens with one attached hydrogen (secondary N) is 1. The smallest absolute Gasteiger partial charge is 0.249 e. The van der Waals surface area contributed by atoms with Crippen molar-refractivity contribution >= 4 is 11.8 Å². The molecule has 1 aromatic rings. The van der Waals surface area contributed by atoms with Crippen molar-refractivity contribution < 1.29 is 9.59 Å². The van der Waals surface area contributed by atoms with Crippen LogP contribution in [0.5, 0.6) is 0 Å². The Labute approximate surface area is 119 Å². The first-order chi connectivity index (χ1) is 9.72. The SMILES string of the molecule is C/C=C/CCN1CCC(=O)NC(c2ccccc2)C1=O. The summed E-state index contributed by atoms with van der Waals surface area (Å²) in [6, 6.07) is 8.84. The second-order valence-corrected chi connectivity index (χ2v) is 4.84. The number of hydrogen-bond acceptors (Lipinski definition) is 2. The second-order valence-electron chi connectivity index (χ2n) is 4.84. The molecule has 1 saturated heterocycles. The molecule has 0 saturated carbocycles. The van der Waals surface area contributed by atoms with Gasteiger partial charge in [-0.25, -0.2) is 0 Å². The van der Waals surface area contributed by atoms with E-state index in [1.807, 2.05) is 49.4 Å². The third-order valence-electron chi connectivity index (χ3n) is 3.41. The molecule has 2 rings (SSSR count). The van der Waals surface area contributed by atoms with Gasteiger partial charge in [0, 0.05) is 19.5 Å². The van der Waals surface area contributed by atoms with E-state index in [0.29, 0.717) is 19.5 Å². The van der Waals surface area contributed by atoms with Gasteiger partial charge in [-0.05, 0) is 18.9 Å². The van der Waals surface area contributed by atoms with Crippen molar-refractivity contribution in [3.8, 4) is 0 Å². The molecule has 1 aromatic carbocycles. The monoisotopic (exact) mass is 272 g/mol. The van der Waals surface area contributed by atoms with Gasteiger partial charge in [0.25, 0.3) is 0 Å². The number of rotatable bonds is 4. The van der Waals surface area contributed by atoms with Crippen LogP contribution in [0.3, 0.4) is 0 Å². The molecule has 0 radical (unpaired) electrons. The fourth-order valence-electron chi connectivity index (χ4n) is 2.31. The lowest BCUT2D eigenvalue weighted by atomic mass is 10.1. The quantitative estimate of drug-likeness (QED) is 0.853. The Morgan fingerprint density at radius 3 is 2.75 bits per heavy atom. The van der Waals surface area contributed by atoms with Crippen molar-refractivity contribution in [3.05, 3.63) is 48.0 Å². The van der Waals surface area contributed by atoms with E-state index in [1.165, 1.54) is 0 Å². The Morgan fingerprint density at radius 2 is 2.05 bits per heavy atom. The normalized spacial score (nSPS) is 20.1. The molecule has 0 aromatic heterocycles. The van der Waals surface area contributed by atoms with Crippen LogP contribution in [0.1, 0.15) is 31.4 Å². The van der Waals surface area contributed by atoms with Crippen LogP contribution in [0.15, 0.2) is 42.5 Å². The molecule has 106 valence electrons. The number of nitrogens with zero attached hydrogens (tertiary/aromatic N) is 1. The molecule has 4 nitrogen and oxygen atoms in total. The Kier molecular flexibility index (Phi) is 4.93. The Balaban J connectivity index is 2.17. The maximum atomic E-state index is 12.6. The second kappa shape index (κ2) is 6.89. The summed E-state index contributed by atoms with van der Waals surface area (Å²) in [5.41, 5.74) is 0.837. The average molecular weight is 272 g/mol. The molecule has 1 fully saturated rings. The van der Waals surface area contributed by atoms with E-state index in [4.69, 9.17) is 0 Å². The van der Waals surface area contributed by atoms with Crippen LogP contribution in [0.25, 0.3) is 0 Å². The molecule has 1 heterocycles. The minimum Gasteiger partial charge on any atom is -0.340 e. The zero-order chi connectivity index (χ0) is 14.4. The lowest BCUT2D eigenvalue weighted by Crippen LogP contribution is -2.38. The predicted octanol–water partition coefficient (Wildman–Crippen LogP) is 2.04. The number of carbonyl (C=O) groups is 2. The summed E-state index contributed by atoms with van der Waals surface area (Å²) < 4.78 is 0. The minimum absolute atomic E-state index is 0.0217.